The summed E-state index contributed by atoms with van der Waals surface area (Å²) in [5, 5.41) is 37.6. The largest absolute Gasteiger partial charge is 0.496 e. The van der Waals surface area contributed by atoms with E-state index in [-0.39, 0.29) is 99.3 Å². The van der Waals surface area contributed by atoms with Crippen molar-refractivity contribution < 1.29 is 84.1 Å². The van der Waals surface area contributed by atoms with Crippen molar-refractivity contribution >= 4 is 81.6 Å². The normalized spacial score (nSPS) is 12.1. The second-order valence-corrected chi connectivity index (χ2v) is 27.3. The van der Waals surface area contributed by atoms with Gasteiger partial charge in [-0.25, -0.2) is 61.8 Å². The topological polar surface area (TPSA) is 309 Å². The van der Waals surface area contributed by atoms with Crippen LogP contribution >= 0.6 is 11.6 Å². The highest BCUT2D eigenvalue weighted by Crippen LogP contribution is 2.42. The molecule has 0 saturated carbocycles. The number of aliphatic imine (C=N–C) groups is 3. The number of alkyl halides is 3. The van der Waals surface area contributed by atoms with Crippen LogP contribution in [0.5, 0.6) is 28.7 Å². The monoisotopic (exact) mass is 1660 g/mol. The zero-order valence-electron chi connectivity index (χ0n) is 64.2. The first-order valence-electron chi connectivity index (χ1n) is 36.5. The van der Waals surface area contributed by atoms with E-state index in [0.29, 0.717) is 101 Å². The zero-order chi connectivity index (χ0) is 85.5. The number of hydrogen-bond acceptors (Lipinski definition) is 20. The standard InChI is InChI=1S/C34H27FN4O4.C30H20F4N4O4.C26H17ClF2N4O3/c1-19-7-4-5-8-23(19)20-11-13-24-26(15-20)32(30-27(35)9-6-10-28(30)42-2)36-17-21-18-37-34(39-31(21)24)38-22-12-14-25(33(40)41)29(16-22)43-3;1-3-16-7-9-19-21(11-16)27(25-22(31)5-4-6-23(25)42-15-30(32,33)34)35-13-17-14-36-29(38-26(17)19)37-18-8-10-20(28(39)40)24(12-18)41-2;1-36-21-10-15(6-8-17(21)25(34)35)32-26-31-12-13-11-30-24(22-19(28)3-2-4-20(22)29)18-9-14(27)5-7-16(18)23(13)33-26/h4-16,18H,17H2,1-3H3,(H,40,41)(H,37,38,39);1,4-12,14H,13,15H2,2H3,(H,39,40)(H,36,37,38);2-10,12H,11H2,1H3,(H,34,35)(H,31,32,33). The van der Waals surface area contributed by atoms with Gasteiger partial charge >= 0.3 is 24.1 Å². The maximum atomic E-state index is 15.5. The Bertz CT molecular complexity index is 6460. The molecular formula is C90H64ClF7N12O11. The minimum Gasteiger partial charge on any atom is -0.496 e. The van der Waals surface area contributed by atoms with Gasteiger partial charge < -0.3 is 55.0 Å². The van der Waals surface area contributed by atoms with E-state index in [1.54, 1.807) is 79.1 Å². The van der Waals surface area contributed by atoms with Crippen molar-refractivity contribution in [2.45, 2.75) is 32.7 Å². The van der Waals surface area contributed by atoms with Crippen LogP contribution in [0, 0.1) is 42.5 Å². The number of terminal acetylenes is 1. The third kappa shape index (κ3) is 17.7. The number of carboxylic acids is 3. The fourth-order valence-electron chi connectivity index (χ4n) is 13.7. The second kappa shape index (κ2) is 35.2. The van der Waals surface area contributed by atoms with Gasteiger partial charge in [0.1, 0.15) is 68.7 Å². The molecule has 3 aliphatic heterocycles. The molecule has 31 heteroatoms. The second-order valence-electron chi connectivity index (χ2n) is 26.8. The summed E-state index contributed by atoms with van der Waals surface area (Å²) < 4.78 is 125. The number of hydrogen-bond donors (Lipinski definition) is 6. The van der Waals surface area contributed by atoms with E-state index in [1.807, 2.05) is 43.3 Å². The smallest absolute Gasteiger partial charge is 0.422 e. The van der Waals surface area contributed by atoms with Crippen LogP contribution in [0.15, 0.2) is 222 Å². The van der Waals surface area contributed by atoms with Crippen LogP contribution in [-0.4, -0.2) is 121 Å². The summed E-state index contributed by atoms with van der Waals surface area (Å²) in [7, 11) is 5.65. The number of aromatic nitrogens is 6. The third-order valence-corrected chi connectivity index (χ3v) is 19.5. The van der Waals surface area contributed by atoms with Gasteiger partial charge in [0.15, 0.2) is 6.61 Å². The SMILES string of the molecule is C#Cc1ccc2c(c1)C(c1c(F)cccc1OCC(F)(F)F)=NCc1cnc(Nc3ccc(C(=O)O)c(OC)c3)nc1-2.COc1cc(Nc2ncc3c(n2)-c2ccc(-c4ccccc4C)cc2C(c2c(F)cccc2OC)=NC3)ccc1C(=O)O.COc1cc(Nc2ncc3c(n2)-c2ccc(Cl)cc2C(c2c(F)cccc2F)=NC3)ccc1C(=O)O. The summed E-state index contributed by atoms with van der Waals surface area (Å²) in [6.07, 6.45) is 5.77. The molecule has 0 bridgehead atoms. The van der Waals surface area contributed by atoms with Crippen molar-refractivity contribution in [2.75, 3.05) is 51.0 Å². The van der Waals surface area contributed by atoms with E-state index in [0.717, 1.165) is 33.9 Å². The van der Waals surface area contributed by atoms with Crippen LogP contribution in [-0.2, 0) is 19.6 Å². The molecule has 16 rings (SSSR count). The van der Waals surface area contributed by atoms with Gasteiger partial charge in [-0.15, -0.1) is 6.42 Å². The van der Waals surface area contributed by atoms with E-state index < -0.39 is 54.0 Å². The van der Waals surface area contributed by atoms with Crippen LogP contribution in [0.25, 0.3) is 44.9 Å². The number of aromatic carboxylic acids is 3. The molecule has 10 aromatic carbocycles. The Morgan fingerprint density at radius 3 is 1.26 bits per heavy atom. The van der Waals surface area contributed by atoms with Crippen LogP contribution in [0.3, 0.4) is 0 Å². The van der Waals surface area contributed by atoms with Crippen molar-refractivity contribution in [3.8, 4) is 86.0 Å². The number of anilines is 6. The number of rotatable bonds is 19. The van der Waals surface area contributed by atoms with E-state index in [4.69, 9.17) is 51.7 Å². The van der Waals surface area contributed by atoms with Crippen molar-refractivity contribution in [1.29, 1.82) is 0 Å². The number of nitrogens with one attached hydrogen (secondary N) is 3. The molecule has 0 unspecified atom stereocenters. The number of fused-ring (bicyclic) bond motifs is 9. The third-order valence-electron chi connectivity index (χ3n) is 19.3. The summed E-state index contributed by atoms with van der Waals surface area (Å²) >= 11 is 6.25. The molecule has 23 nitrogen and oxygen atoms in total. The van der Waals surface area contributed by atoms with Gasteiger partial charge in [-0.2, -0.15) is 13.2 Å². The van der Waals surface area contributed by atoms with Crippen molar-refractivity contribution in [2.24, 2.45) is 15.0 Å². The van der Waals surface area contributed by atoms with E-state index in [1.165, 1.54) is 107 Å². The van der Waals surface area contributed by atoms with Crippen molar-refractivity contribution in [3.05, 3.63) is 313 Å². The number of halogens is 8. The Morgan fingerprint density at radius 2 is 0.826 bits per heavy atom. The number of nitrogens with zero attached hydrogens (tertiary/aromatic N) is 9. The van der Waals surface area contributed by atoms with Gasteiger partial charge in [-0.1, -0.05) is 84.3 Å². The minimum absolute atomic E-state index is 0.0155. The number of ether oxygens (including phenoxy) is 5. The van der Waals surface area contributed by atoms with Gasteiger partial charge in [0.2, 0.25) is 17.8 Å². The Morgan fingerprint density at radius 1 is 0.438 bits per heavy atom. The molecule has 13 aromatic rings. The molecule has 0 fully saturated rings. The molecular weight excluding hydrogens is 1590 g/mol. The molecule has 0 spiro atoms. The molecule has 0 radical (unpaired) electrons. The Balaban J connectivity index is 0.000000149. The lowest BCUT2D eigenvalue weighted by molar-refractivity contribution is -0.153. The molecule has 3 aliphatic rings. The van der Waals surface area contributed by atoms with Gasteiger partial charge in [-0.05, 0) is 127 Å². The summed E-state index contributed by atoms with van der Waals surface area (Å²) in [6.45, 7) is 0.713. The predicted octanol–water partition coefficient (Wildman–Crippen LogP) is 19.0. The highest BCUT2D eigenvalue weighted by Gasteiger charge is 2.33. The average Bonchev–Trinajstić information content (AvgIpc) is 1.65. The fourth-order valence-corrected chi connectivity index (χ4v) is 13.8. The molecule has 0 aliphatic carbocycles. The summed E-state index contributed by atoms with van der Waals surface area (Å²) in [5.74, 6) is -2.38. The highest BCUT2D eigenvalue weighted by atomic mass is 35.5. The summed E-state index contributed by atoms with van der Waals surface area (Å²) in [5.41, 5.74) is 12.4. The predicted molar refractivity (Wildman–Crippen MR) is 441 cm³/mol. The van der Waals surface area contributed by atoms with Crippen molar-refractivity contribution in [3.63, 3.8) is 0 Å². The summed E-state index contributed by atoms with van der Waals surface area (Å²) in [4.78, 5) is 75.6. The molecule has 0 amide bonds. The molecule has 6 heterocycles. The van der Waals surface area contributed by atoms with Gasteiger partial charge in [0.25, 0.3) is 0 Å². The van der Waals surface area contributed by atoms with Gasteiger partial charge in [0, 0.05) is 115 Å². The molecule has 3 aromatic heterocycles. The highest BCUT2D eigenvalue weighted by molar-refractivity contribution is 6.31. The molecule has 0 saturated heterocycles. The number of methoxy groups -OCH3 is 4. The summed E-state index contributed by atoms with van der Waals surface area (Å²) in [6, 6.07) is 49.5. The average molecular weight is 1660 g/mol. The minimum atomic E-state index is -4.64. The lowest BCUT2D eigenvalue weighted by Gasteiger charge is -2.17. The molecule has 6 N–H and O–H groups in total. The van der Waals surface area contributed by atoms with Gasteiger partial charge in [-0.3, -0.25) is 15.0 Å². The van der Waals surface area contributed by atoms with Crippen LogP contribution in [0.1, 0.15) is 92.3 Å². The van der Waals surface area contributed by atoms with E-state index in [9.17, 15) is 51.7 Å². The van der Waals surface area contributed by atoms with Crippen LogP contribution < -0.4 is 39.6 Å². The lowest BCUT2D eigenvalue weighted by Crippen LogP contribution is -2.21. The zero-order valence-corrected chi connectivity index (χ0v) is 64.9. The quantitative estimate of drug-likeness (QED) is 0.0324. The first kappa shape index (κ1) is 82.2. The number of benzene rings is 10. The molecule has 121 heavy (non-hydrogen) atoms. The van der Waals surface area contributed by atoms with E-state index >= 15 is 8.78 Å². The Kier molecular flexibility index (Phi) is 23.9. The number of carboxylic acid groups (broad SMARTS) is 3. The van der Waals surface area contributed by atoms with Gasteiger partial charge in [0.05, 0.1) is 99.0 Å². The Labute approximate surface area is 689 Å². The van der Waals surface area contributed by atoms with Crippen LogP contribution in [0.4, 0.5) is 65.6 Å². The molecule has 0 atom stereocenters. The van der Waals surface area contributed by atoms with Crippen molar-refractivity contribution in [1.82, 2.24) is 29.9 Å². The lowest BCUT2D eigenvalue weighted by atomic mass is 9.90. The number of aryl methyl sites for hydroxylation is 1. The maximum absolute atomic E-state index is 15.5. The first-order valence-corrected chi connectivity index (χ1v) is 36.8. The van der Waals surface area contributed by atoms with Crippen LogP contribution in [0.2, 0.25) is 5.02 Å². The fraction of sp³-hybridized carbons (Fsp3) is 0.111. The Hall–Kier alpha value is -15.4. The number of carbonyl (C=O) groups is 3. The molecule has 606 valence electrons. The van der Waals surface area contributed by atoms with E-state index in [2.05, 4.69) is 62.8 Å². The maximum Gasteiger partial charge on any atom is 0.422 e. The first-order chi connectivity index (χ1) is 58.3.